The molecule has 5 nitrogen and oxygen atoms in total. The van der Waals surface area contributed by atoms with E-state index in [0.717, 1.165) is 39.3 Å². The number of rotatable bonds is 5. The molecule has 2 aromatic heterocycles. The van der Waals surface area contributed by atoms with Crippen molar-refractivity contribution in [3.05, 3.63) is 89.3 Å². The third-order valence-electron chi connectivity index (χ3n) is 4.58. The molecule has 0 unspecified atom stereocenters. The molecule has 0 saturated carbocycles. The van der Waals surface area contributed by atoms with E-state index in [1.54, 1.807) is 12.4 Å². The van der Waals surface area contributed by atoms with Crippen LogP contribution in [0.15, 0.2) is 73.1 Å². The lowest BCUT2D eigenvalue weighted by atomic mass is 9.97. The Kier molecular flexibility index (Phi) is 5.40. The fourth-order valence-corrected chi connectivity index (χ4v) is 3.39. The van der Waals surface area contributed by atoms with Crippen LogP contribution >= 0.6 is 11.6 Å². The molecule has 0 saturated heterocycles. The predicted octanol–water partition coefficient (Wildman–Crippen LogP) is 5.34. The fraction of sp³-hybridized carbons (Fsp3) is 0.0870. The van der Waals surface area contributed by atoms with Gasteiger partial charge in [-0.2, -0.15) is 5.10 Å². The summed E-state index contributed by atoms with van der Waals surface area (Å²) in [6, 6.07) is 19.4. The topological polar surface area (TPSA) is 70.7 Å². The molecule has 4 aromatic rings. The van der Waals surface area contributed by atoms with Crippen LogP contribution in [0.4, 0.5) is 5.69 Å². The average molecular weight is 403 g/mol. The number of anilines is 1. The highest BCUT2D eigenvalue weighted by molar-refractivity contribution is 6.30. The van der Waals surface area contributed by atoms with Crippen molar-refractivity contribution >= 4 is 23.2 Å². The first-order valence-corrected chi connectivity index (χ1v) is 9.58. The molecule has 0 aliphatic heterocycles. The molecule has 0 spiro atoms. The summed E-state index contributed by atoms with van der Waals surface area (Å²) in [6.07, 6.45) is 4.23. The smallest absolute Gasteiger partial charge is 0.221 e. The number of benzene rings is 2. The highest BCUT2D eigenvalue weighted by atomic mass is 35.5. The first-order chi connectivity index (χ1) is 14.1. The van der Waals surface area contributed by atoms with E-state index in [4.69, 9.17) is 11.6 Å². The lowest BCUT2D eigenvalue weighted by Gasteiger charge is -2.08. The molecule has 2 heterocycles. The van der Waals surface area contributed by atoms with Crippen LogP contribution in [0.5, 0.6) is 0 Å². The average Bonchev–Trinajstić information content (AvgIpc) is 3.14. The van der Waals surface area contributed by atoms with Gasteiger partial charge in [-0.25, -0.2) is 0 Å². The second kappa shape index (κ2) is 8.29. The Bertz CT molecular complexity index is 1120. The molecule has 2 N–H and O–H groups in total. The number of aromatic amines is 1. The molecule has 0 fully saturated rings. The lowest BCUT2D eigenvalue weighted by Crippen LogP contribution is -2.05. The van der Waals surface area contributed by atoms with Crippen LogP contribution in [-0.4, -0.2) is 21.1 Å². The second-order valence-corrected chi connectivity index (χ2v) is 7.16. The van der Waals surface area contributed by atoms with Crippen molar-refractivity contribution in [3.8, 4) is 22.4 Å². The zero-order chi connectivity index (χ0) is 20.2. The number of halogens is 1. The normalized spacial score (nSPS) is 10.7. The van der Waals surface area contributed by atoms with Crippen LogP contribution in [0.1, 0.15) is 18.2 Å². The van der Waals surface area contributed by atoms with Gasteiger partial charge in [0.25, 0.3) is 0 Å². The molecule has 1 amide bonds. The van der Waals surface area contributed by atoms with E-state index in [0.29, 0.717) is 11.4 Å². The maximum atomic E-state index is 11.2. The van der Waals surface area contributed by atoms with Gasteiger partial charge in [0.15, 0.2) is 0 Å². The first-order valence-electron chi connectivity index (χ1n) is 9.20. The van der Waals surface area contributed by atoms with Gasteiger partial charge in [0.1, 0.15) is 5.69 Å². The van der Waals surface area contributed by atoms with Crippen molar-refractivity contribution in [3.63, 3.8) is 0 Å². The minimum Gasteiger partial charge on any atom is -0.326 e. The van der Waals surface area contributed by atoms with Gasteiger partial charge in [-0.05, 0) is 47.5 Å². The summed E-state index contributed by atoms with van der Waals surface area (Å²) >= 11 is 6.05. The number of nitrogens with zero attached hydrogens (tertiary/aromatic N) is 2. The van der Waals surface area contributed by atoms with Crippen molar-refractivity contribution in [2.45, 2.75) is 13.3 Å². The van der Waals surface area contributed by atoms with E-state index >= 15 is 0 Å². The summed E-state index contributed by atoms with van der Waals surface area (Å²) in [6.45, 7) is 1.50. The highest BCUT2D eigenvalue weighted by Gasteiger charge is 2.17. The van der Waals surface area contributed by atoms with Crippen LogP contribution in [0.25, 0.3) is 22.4 Å². The van der Waals surface area contributed by atoms with Gasteiger partial charge in [-0.15, -0.1) is 0 Å². The Labute approximate surface area is 173 Å². The summed E-state index contributed by atoms with van der Waals surface area (Å²) in [4.78, 5) is 15.3. The number of nitrogens with one attached hydrogen (secondary N) is 2. The molecule has 0 aliphatic carbocycles. The Morgan fingerprint density at radius 1 is 0.966 bits per heavy atom. The van der Waals surface area contributed by atoms with Crippen molar-refractivity contribution in [1.29, 1.82) is 0 Å². The standard InChI is InChI=1S/C23H19ClN4O/c1-15(29)26-20-8-2-16(3-9-20)14-21-22(17-10-12-25-13-11-17)23(28-27-21)18-4-6-19(24)7-5-18/h2-13H,14H2,1H3,(H,26,29)(H,27,28). The first kappa shape index (κ1) is 18.9. The second-order valence-electron chi connectivity index (χ2n) is 6.72. The molecule has 0 aliphatic rings. The molecule has 29 heavy (non-hydrogen) atoms. The summed E-state index contributed by atoms with van der Waals surface area (Å²) < 4.78 is 0. The number of aromatic nitrogens is 3. The Morgan fingerprint density at radius 2 is 1.66 bits per heavy atom. The minimum absolute atomic E-state index is 0.0844. The van der Waals surface area contributed by atoms with Crippen molar-refractivity contribution in [2.24, 2.45) is 0 Å². The molecule has 2 aromatic carbocycles. The number of H-pyrrole nitrogens is 1. The Balaban J connectivity index is 1.72. The van der Waals surface area contributed by atoms with Crippen LogP contribution < -0.4 is 5.32 Å². The third kappa shape index (κ3) is 4.36. The number of hydrogen-bond acceptors (Lipinski definition) is 3. The minimum atomic E-state index is -0.0844. The largest absolute Gasteiger partial charge is 0.326 e. The highest BCUT2D eigenvalue weighted by Crippen LogP contribution is 2.34. The van der Waals surface area contributed by atoms with E-state index in [1.165, 1.54) is 6.92 Å². The number of hydrogen-bond donors (Lipinski definition) is 2. The number of carbonyl (C=O) groups excluding carboxylic acids is 1. The summed E-state index contributed by atoms with van der Waals surface area (Å²) in [5.74, 6) is -0.0844. The van der Waals surface area contributed by atoms with Gasteiger partial charge in [0.05, 0.1) is 0 Å². The SMILES string of the molecule is CC(=O)Nc1ccc(Cc2[nH]nc(-c3ccc(Cl)cc3)c2-c2ccncc2)cc1. The molecular formula is C23H19ClN4O. The van der Waals surface area contributed by atoms with E-state index in [9.17, 15) is 4.79 Å². The lowest BCUT2D eigenvalue weighted by molar-refractivity contribution is -0.114. The number of amides is 1. The zero-order valence-corrected chi connectivity index (χ0v) is 16.6. The molecule has 0 bridgehead atoms. The van der Waals surface area contributed by atoms with Gasteiger partial charge in [-0.1, -0.05) is 35.9 Å². The van der Waals surface area contributed by atoms with E-state index < -0.39 is 0 Å². The molecule has 0 atom stereocenters. The van der Waals surface area contributed by atoms with Gasteiger partial charge < -0.3 is 5.32 Å². The van der Waals surface area contributed by atoms with Gasteiger partial charge in [-0.3, -0.25) is 14.9 Å². The Morgan fingerprint density at radius 3 is 2.31 bits per heavy atom. The number of pyridine rings is 1. The summed E-state index contributed by atoms with van der Waals surface area (Å²) in [5, 5.41) is 11.3. The monoisotopic (exact) mass is 402 g/mol. The van der Waals surface area contributed by atoms with E-state index in [2.05, 4.69) is 20.5 Å². The van der Waals surface area contributed by atoms with Crippen LogP contribution in [0.2, 0.25) is 5.02 Å². The van der Waals surface area contributed by atoms with Gasteiger partial charge >= 0.3 is 0 Å². The van der Waals surface area contributed by atoms with Crippen molar-refractivity contribution < 1.29 is 4.79 Å². The molecule has 6 heteroatoms. The molecule has 4 rings (SSSR count). The summed E-state index contributed by atoms with van der Waals surface area (Å²) in [5.41, 5.74) is 6.85. The zero-order valence-electron chi connectivity index (χ0n) is 15.8. The summed E-state index contributed by atoms with van der Waals surface area (Å²) in [7, 11) is 0. The quantitative estimate of drug-likeness (QED) is 0.473. The van der Waals surface area contributed by atoms with Gasteiger partial charge in [0, 0.05) is 53.3 Å². The maximum absolute atomic E-state index is 11.2. The van der Waals surface area contributed by atoms with Gasteiger partial charge in [0.2, 0.25) is 5.91 Å². The molecular weight excluding hydrogens is 384 g/mol. The Hall–Kier alpha value is -3.44. The van der Waals surface area contributed by atoms with E-state index in [-0.39, 0.29) is 5.91 Å². The maximum Gasteiger partial charge on any atom is 0.221 e. The van der Waals surface area contributed by atoms with Crippen LogP contribution in [-0.2, 0) is 11.2 Å². The van der Waals surface area contributed by atoms with Crippen LogP contribution in [0, 0.1) is 0 Å². The molecule has 144 valence electrons. The number of carbonyl (C=O) groups is 1. The van der Waals surface area contributed by atoms with Crippen molar-refractivity contribution in [1.82, 2.24) is 15.2 Å². The van der Waals surface area contributed by atoms with Crippen molar-refractivity contribution in [2.75, 3.05) is 5.32 Å². The molecule has 0 radical (unpaired) electrons. The predicted molar refractivity (Wildman–Crippen MR) is 116 cm³/mol. The van der Waals surface area contributed by atoms with Crippen LogP contribution in [0.3, 0.4) is 0 Å². The third-order valence-corrected chi connectivity index (χ3v) is 4.84. The van der Waals surface area contributed by atoms with E-state index in [1.807, 2.05) is 60.7 Å². The fourth-order valence-electron chi connectivity index (χ4n) is 3.27.